The Labute approximate surface area is 82.9 Å². The first kappa shape index (κ1) is 9.03. The molecule has 1 fully saturated rings. The molecular weight excluding hydrogens is 180 g/mol. The molecule has 13 heavy (non-hydrogen) atoms. The van der Waals surface area contributed by atoms with Crippen molar-refractivity contribution < 1.29 is 0 Å². The van der Waals surface area contributed by atoms with Crippen molar-refractivity contribution in [1.82, 2.24) is 4.98 Å². The molecule has 2 rings (SSSR count). The van der Waals surface area contributed by atoms with Crippen molar-refractivity contribution in [2.24, 2.45) is 11.7 Å². The lowest BCUT2D eigenvalue weighted by Crippen LogP contribution is -2.21. The molecular formula is C10H14N2S. The standard InChI is InChI=1S/C10H14N2S/c11-10(9-3-5-13-7-9)8-2-1-4-12-6-8/h1-2,4,6,9-10H,3,5,7,11H2. The predicted molar refractivity (Wildman–Crippen MR) is 56.6 cm³/mol. The number of nitrogens with zero attached hydrogens (tertiary/aromatic N) is 1. The highest BCUT2D eigenvalue weighted by Gasteiger charge is 2.23. The van der Waals surface area contributed by atoms with Crippen LogP contribution in [-0.4, -0.2) is 16.5 Å². The van der Waals surface area contributed by atoms with Gasteiger partial charge in [0.05, 0.1) is 0 Å². The van der Waals surface area contributed by atoms with E-state index in [2.05, 4.69) is 11.1 Å². The van der Waals surface area contributed by atoms with Gasteiger partial charge < -0.3 is 5.73 Å². The van der Waals surface area contributed by atoms with Gasteiger partial charge in [0.1, 0.15) is 0 Å². The average molecular weight is 194 g/mol. The molecule has 2 heterocycles. The van der Waals surface area contributed by atoms with Crippen LogP contribution in [0.5, 0.6) is 0 Å². The van der Waals surface area contributed by atoms with Gasteiger partial charge in [-0.15, -0.1) is 0 Å². The van der Waals surface area contributed by atoms with Crippen LogP contribution in [0, 0.1) is 5.92 Å². The zero-order valence-corrected chi connectivity index (χ0v) is 8.33. The van der Waals surface area contributed by atoms with Crippen LogP contribution in [0.15, 0.2) is 24.5 Å². The summed E-state index contributed by atoms with van der Waals surface area (Å²) in [6, 6.07) is 4.21. The number of aromatic nitrogens is 1. The van der Waals surface area contributed by atoms with Gasteiger partial charge >= 0.3 is 0 Å². The van der Waals surface area contributed by atoms with Crippen LogP contribution >= 0.6 is 11.8 Å². The second-order valence-electron chi connectivity index (χ2n) is 3.44. The molecule has 0 radical (unpaired) electrons. The van der Waals surface area contributed by atoms with Crippen LogP contribution < -0.4 is 5.73 Å². The second-order valence-corrected chi connectivity index (χ2v) is 4.59. The summed E-state index contributed by atoms with van der Waals surface area (Å²) in [5, 5.41) is 0. The van der Waals surface area contributed by atoms with Crippen LogP contribution in [-0.2, 0) is 0 Å². The minimum absolute atomic E-state index is 0.184. The number of nitrogens with two attached hydrogens (primary N) is 1. The highest BCUT2D eigenvalue weighted by Crippen LogP contribution is 2.32. The zero-order chi connectivity index (χ0) is 9.10. The second kappa shape index (κ2) is 4.11. The van der Waals surface area contributed by atoms with E-state index in [-0.39, 0.29) is 6.04 Å². The first-order chi connectivity index (χ1) is 6.38. The van der Waals surface area contributed by atoms with Crippen LogP contribution in [0.4, 0.5) is 0 Å². The molecule has 0 aliphatic carbocycles. The fourth-order valence-electron chi connectivity index (χ4n) is 1.68. The summed E-state index contributed by atoms with van der Waals surface area (Å²) in [7, 11) is 0. The van der Waals surface area contributed by atoms with Gasteiger partial charge in [0.15, 0.2) is 0 Å². The van der Waals surface area contributed by atoms with E-state index in [1.165, 1.54) is 23.5 Å². The number of pyridine rings is 1. The van der Waals surface area contributed by atoms with Crippen molar-refractivity contribution in [2.45, 2.75) is 12.5 Å². The van der Waals surface area contributed by atoms with E-state index in [0.717, 1.165) is 0 Å². The lowest BCUT2D eigenvalue weighted by atomic mass is 9.95. The first-order valence-electron chi connectivity index (χ1n) is 4.61. The number of rotatable bonds is 2. The molecule has 2 atom stereocenters. The van der Waals surface area contributed by atoms with Gasteiger partial charge in [-0.2, -0.15) is 11.8 Å². The molecule has 2 nitrogen and oxygen atoms in total. The topological polar surface area (TPSA) is 38.9 Å². The summed E-state index contributed by atoms with van der Waals surface area (Å²) >= 11 is 2.00. The summed E-state index contributed by atoms with van der Waals surface area (Å²) < 4.78 is 0. The molecule has 1 aromatic rings. The molecule has 0 bridgehead atoms. The van der Waals surface area contributed by atoms with Gasteiger partial charge in [-0.3, -0.25) is 4.98 Å². The third-order valence-corrected chi connectivity index (χ3v) is 3.73. The lowest BCUT2D eigenvalue weighted by molar-refractivity contribution is 0.481. The normalized spacial score (nSPS) is 24.5. The summed E-state index contributed by atoms with van der Waals surface area (Å²) in [5.74, 6) is 3.11. The lowest BCUT2D eigenvalue weighted by Gasteiger charge is -2.17. The quantitative estimate of drug-likeness (QED) is 0.780. The molecule has 0 spiro atoms. The van der Waals surface area contributed by atoms with Crippen molar-refractivity contribution in [3.05, 3.63) is 30.1 Å². The Bertz CT molecular complexity index is 257. The maximum atomic E-state index is 6.15. The molecule has 0 amide bonds. The molecule has 1 saturated heterocycles. The Morgan fingerprint density at radius 2 is 2.54 bits per heavy atom. The Kier molecular flexibility index (Phi) is 2.86. The van der Waals surface area contributed by atoms with Crippen LogP contribution in [0.2, 0.25) is 0 Å². The summed E-state index contributed by atoms with van der Waals surface area (Å²) in [6.07, 6.45) is 4.92. The van der Waals surface area contributed by atoms with Crippen LogP contribution in [0.3, 0.4) is 0 Å². The van der Waals surface area contributed by atoms with Gasteiger partial charge in [-0.25, -0.2) is 0 Å². The number of hydrogen-bond donors (Lipinski definition) is 1. The van der Waals surface area contributed by atoms with Crippen molar-refractivity contribution in [3.8, 4) is 0 Å². The molecule has 2 N–H and O–H groups in total. The molecule has 2 unspecified atom stereocenters. The fourth-order valence-corrected chi connectivity index (χ4v) is 2.99. The van der Waals surface area contributed by atoms with Crippen molar-refractivity contribution in [1.29, 1.82) is 0 Å². The maximum Gasteiger partial charge on any atom is 0.0347 e. The number of thioether (sulfide) groups is 1. The van der Waals surface area contributed by atoms with E-state index in [9.17, 15) is 0 Å². The monoisotopic (exact) mass is 194 g/mol. The van der Waals surface area contributed by atoms with Crippen molar-refractivity contribution in [2.75, 3.05) is 11.5 Å². The van der Waals surface area contributed by atoms with E-state index in [0.29, 0.717) is 5.92 Å². The Hall–Kier alpha value is -0.540. The predicted octanol–water partition coefficient (Wildman–Crippen LogP) is 1.83. The van der Waals surface area contributed by atoms with Gasteiger partial charge in [-0.05, 0) is 35.5 Å². The van der Waals surface area contributed by atoms with Gasteiger partial charge in [0.25, 0.3) is 0 Å². The third kappa shape index (κ3) is 2.03. The number of hydrogen-bond acceptors (Lipinski definition) is 3. The van der Waals surface area contributed by atoms with E-state index >= 15 is 0 Å². The SMILES string of the molecule is NC(c1cccnc1)C1CCSC1. The van der Waals surface area contributed by atoms with E-state index in [1.54, 1.807) is 6.20 Å². The molecule has 1 aromatic heterocycles. The molecule has 70 valence electrons. The third-order valence-electron chi connectivity index (χ3n) is 2.54. The Morgan fingerprint density at radius 3 is 3.15 bits per heavy atom. The summed E-state index contributed by atoms with van der Waals surface area (Å²) in [6.45, 7) is 0. The first-order valence-corrected chi connectivity index (χ1v) is 5.76. The molecule has 3 heteroatoms. The van der Waals surface area contributed by atoms with Crippen molar-refractivity contribution in [3.63, 3.8) is 0 Å². The molecule has 1 aliphatic heterocycles. The van der Waals surface area contributed by atoms with Gasteiger partial charge in [0.2, 0.25) is 0 Å². The van der Waals surface area contributed by atoms with E-state index in [4.69, 9.17) is 5.73 Å². The minimum Gasteiger partial charge on any atom is -0.324 e. The maximum absolute atomic E-state index is 6.15. The molecule has 0 aromatic carbocycles. The van der Waals surface area contributed by atoms with Crippen molar-refractivity contribution >= 4 is 11.8 Å². The largest absolute Gasteiger partial charge is 0.324 e. The van der Waals surface area contributed by atoms with Crippen LogP contribution in [0.25, 0.3) is 0 Å². The van der Waals surface area contributed by atoms with E-state index < -0.39 is 0 Å². The smallest absolute Gasteiger partial charge is 0.0347 e. The highest BCUT2D eigenvalue weighted by molar-refractivity contribution is 7.99. The molecule has 1 aliphatic rings. The van der Waals surface area contributed by atoms with E-state index in [1.807, 2.05) is 24.0 Å². The minimum atomic E-state index is 0.184. The van der Waals surface area contributed by atoms with Crippen LogP contribution in [0.1, 0.15) is 18.0 Å². The summed E-state index contributed by atoms with van der Waals surface area (Å²) in [5.41, 5.74) is 7.32. The van der Waals surface area contributed by atoms with Gasteiger partial charge in [-0.1, -0.05) is 6.07 Å². The molecule has 0 saturated carbocycles. The zero-order valence-electron chi connectivity index (χ0n) is 7.52. The fraction of sp³-hybridized carbons (Fsp3) is 0.500. The highest BCUT2D eigenvalue weighted by atomic mass is 32.2. The summed E-state index contributed by atoms with van der Waals surface area (Å²) in [4.78, 5) is 4.09. The Morgan fingerprint density at radius 1 is 1.62 bits per heavy atom. The Balaban J connectivity index is 2.08. The average Bonchev–Trinajstić information content (AvgIpc) is 2.71. The van der Waals surface area contributed by atoms with Gasteiger partial charge in [0, 0.05) is 18.4 Å².